The third-order valence-corrected chi connectivity index (χ3v) is 4.18. The number of hydrogen-bond donors (Lipinski definition) is 0. The van der Waals surface area contributed by atoms with Crippen LogP contribution in [0.15, 0.2) is 24.3 Å². The number of rotatable bonds is 4. The van der Waals surface area contributed by atoms with E-state index in [1.165, 1.54) is 0 Å². The van der Waals surface area contributed by atoms with Crippen molar-refractivity contribution in [3.63, 3.8) is 0 Å². The molecule has 0 radical (unpaired) electrons. The van der Waals surface area contributed by atoms with Crippen molar-refractivity contribution in [3.8, 4) is 11.3 Å². The highest BCUT2D eigenvalue weighted by Gasteiger charge is 2.23. The van der Waals surface area contributed by atoms with Crippen molar-refractivity contribution in [1.82, 2.24) is 9.97 Å². The number of anilines is 1. The first kappa shape index (κ1) is 17.4. The molecule has 1 aliphatic heterocycles. The molecule has 2 aromatic rings. The van der Waals surface area contributed by atoms with E-state index in [0.717, 1.165) is 24.2 Å². The summed E-state index contributed by atoms with van der Waals surface area (Å²) < 4.78 is 10.6. The Morgan fingerprint density at radius 3 is 2.48 bits per heavy atom. The molecule has 2 heterocycles. The van der Waals surface area contributed by atoms with Crippen molar-refractivity contribution in [2.24, 2.45) is 0 Å². The van der Waals surface area contributed by atoms with Crippen molar-refractivity contribution in [3.05, 3.63) is 41.1 Å². The molecule has 6 nitrogen and oxygen atoms in total. The monoisotopic (exact) mass is 341 g/mol. The fourth-order valence-corrected chi connectivity index (χ4v) is 2.83. The predicted octanol–water partition coefficient (Wildman–Crippen LogP) is 2.77. The normalized spacial score (nSPS) is 14.4. The van der Waals surface area contributed by atoms with E-state index in [4.69, 9.17) is 14.5 Å². The van der Waals surface area contributed by atoms with Gasteiger partial charge in [-0.05, 0) is 20.8 Å². The van der Waals surface area contributed by atoms with Gasteiger partial charge in [-0.15, -0.1) is 0 Å². The molecule has 25 heavy (non-hydrogen) atoms. The number of carbonyl (C=O) groups is 1. The first-order valence-electron chi connectivity index (χ1n) is 8.55. The Hall–Kier alpha value is -2.47. The second-order valence-corrected chi connectivity index (χ2v) is 6.02. The largest absolute Gasteiger partial charge is 0.462 e. The van der Waals surface area contributed by atoms with Crippen molar-refractivity contribution >= 4 is 11.9 Å². The van der Waals surface area contributed by atoms with Crippen LogP contribution in [0.4, 0.5) is 5.95 Å². The molecule has 1 aromatic carbocycles. The van der Waals surface area contributed by atoms with Crippen LogP contribution in [-0.4, -0.2) is 48.8 Å². The molecule has 1 saturated heterocycles. The third-order valence-electron chi connectivity index (χ3n) is 4.18. The number of morpholine rings is 1. The Morgan fingerprint density at radius 2 is 1.84 bits per heavy atom. The standard InChI is InChI=1S/C19H23N3O3/c1-4-25-18(23)16-14(3)20-19(22-9-11-24-12-10-22)21-17(16)15-7-5-13(2)6-8-15/h5-8H,4,9-12H2,1-3H3. The van der Waals surface area contributed by atoms with Crippen LogP contribution >= 0.6 is 0 Å². The maximum atomic E-state index is 12.5. The van der Waals surface area contributed by atoms with Crippen molar-refractivity contribution < 1.29 is 14.3 Å². The molecule has 3 rings (SSSR count). The van der Waals surface area contributed by atoms with Crippen LogP contribution in [0.5, 0.6) is 0 Å². The third kappa shape index (κ3) is 3.79. The average Bonchev–Trinajstić information content (AvgIpc) is 2.62. The molecule has 0 amide bonds. The zero-order valence-electron chi connectivity index (χ0n) is 14.9. The molecular formula is C19H23N3O3. The molecule has 0 saturated carbocycles. The first-order valence-corrected chi connectivity index (χ1v) is 8.55. The lowest BCUT2D eigenvalue weighted by molar-refractivity contribution is 0.0525. The molecule has 0 unspecified atom stereocenters. The van der Waals surface area contributed by atoms with Crippen molar-refractivity contribution in [1.29, 1.82) is 0 Å². The van der Waals surface area contributed by atoms with Crippen LogP contribution in [-0.2, 0) is 9.47 Å². The predicted molar refractivity (Wildman–Crippen MR) is 95.9 cm³/mol. The van der Waals surface area contributed by atoms with Crippen LogP contribution in [0, 0.1) is 13.8 Å². The number of carbonyl (C=O) groups excluding carboxylic acids is 1. The molecule has 0 atom stereocenters. The number of aryl methyl sites for hydroxylation is 2. The fourth-order valence-electron chi connectivity index (χ4n) is 2.83. The van der Waals surface area contributed by atoms with Crippen LogP contribution in [0.1, 0.15) is 28.5 Å². The Labute approximate surface area is 147 Å². The molecule has 132 valence electrons. The quantitative estimate of drug-likeness (QED) is 0.797. The fraction of sp³-hybridized carbons (Fsp3) is 0.421. The number of benzene rings is 1. The summed E-state index contributed by atoms with van der Waals surface area (Å²) in [5, 5.41) is 0. The lowest BCUT2D eigenvalue weighted by atomic mass is 10.0. The second kappa shape index (κ2) is 7.61. The molecule has 6 heteroatoms. The van der Waals surface area contributed by atoms with Gasteiger partial charge in [0, 0.05) is 18.7 Å². The number of nitrogens with zero attached hydrogens (tertiary/aromatic N) is 3. The highest BCUT2D eigenvalue weighted by molar-refractivity contribution is 5.97. The SMILES string of the molecule is CCOC(=O)c1c(C)nc(N2CCOCC2)nc1-c1ccc(C)cc1. The Morgan fingerprint density at radius 1 is 1.16 bits per heavy atom. The van der Waals surface area contributed by atoms with Gasteiger partial charge in [0.2, 0.25) is 5.95 Å². The maximum Gasteiger partial charge on any atom is 0.342 e. The summed E-state index contributed by atoms with van der Waals surface area (Å²) in [4.78, 5) is 23.8. The van der Waals surface area contributed by atoms with E-state index >= 15 is 0 Å². The van der Waals surface area contributed by atoms with Gasteiger partial charge in [-0.25, -0.2) is 14.8 Å². The van der Waals surface area contributed by atoms with E-state index in [9.17, 15) is 4.79 Å². The van der Waals surface area contributed by atoms with Gasteiger partial charge in [0.1, 0.15) is 5.56 Å². The zero-order valence-corrected chi connectivity index (χ0v) is 14.9. The Kier molecular flexibility index (Phi) is 5.28. The lowest BCUT2D eigenvalue weighted by Gasteiger charge is -2.27. The van der Waals surface area contributed by atoms with E-state index in [-0.39, 0.29) is 5.97 Å². The smallest absolute Gasteiger partial charge is 0.342 e. The molecule has 1 fully saturated rings. The van der Waals surface area contributed by atoms with Gasteiger partial charge in [-0.1, -0.05) is 29.8 Å². The van der Waals surface area contributed by atoms with E-state index in [2.05, 4.69) is 9.88 Å². The maximum absolute atomic E-state index is 12.5. The number of hydrogen-bond acceptors (Lipinski definition) is 6. The summed E-state index contributed by atoms with van der Waals surface area (Å²) in [6.07, 6.45) is 0. The van der Waals surface area contributed by atoms with Crippen LogP contribution < -0.4 is 4.90 Å². The minimum Gasteiger partial charge on any atom is -0.462 e. The minimum atomic E-state index is -0.385. The molecule has 1 aliphatic rings. The van der Waals surface area contributed by atoms with E-state index in [1.54, 1.807) is 6.92 Å². The summed E-state index contributed by atoms with van der Waals surface area (Å²) in [7, 11) is 0. The first-order chi connectivity index (χ1) is 12.1. The second-order valence-electron chi connectivity index (χ2n) is 6.02. The lowest BCUT2D eigenvalue weighted by Crippen LogP contribution is -2.37. The summed E-state index contributed by atoms with van der Waals surface area (Å²) in [5.74, 6) is 0.244. The average molecular weight is 341 g/mol. The van der Waals surface area contributed by atoms with Gasteiger partial charge in [0.05, 0.1) is 31.2 Å². The molecule has 0 N–H and O–H groups in total. The van der Waals surface area contributed by atoms with E-state index in [1.807, 2.05) is 38.1 Å². The summed E-state index contributed by atoms with van der Waals surface area (Å²) >= 11 is 0. The highest BCUT2D eigenvalue weighted by atomic mass is 16.5. The molecule has 0 spiro atoms. The number of ether oxygens (including phenoxy) is 2. The van der Waals surface area contributed by atoms with Gasteiger partial charge < -0.3 is 14.4 Å². The van der Waals surface area contributed by atoms with Crippen LogP contribution in [0.3, 0.4) is 0 Å². The minimum absolute atomic E-state index is 0.316. The van der Waals surface area contributed by atoms with Gasteiger partial charge in [-0.3, -0.25) is 0 Å². The summed E-state index contributed by atoms with van der Waals surface area (Å²) in [6, 6.07) is 7.97. The molecular weight excluding hydrogens is 318 g/mol. The summed E-state index contributed by atoms with van der Waals surface area (Å²) in [6.45, 7) is 8.76. The topological polar surface area (TPSA) is 64.5 Å². The molecule has 0 bridgehead atoms. The Bertz CT molecular complexity index is 753. The van der Waals surface area contributed by atoms with Crippen molar-refractivity contribution in [2.75, 3.05) is 37.8 Å². The van der Waals surface area contributed by atoms with E-state index in [0.29, 0.717) is 42.7 Å². The van der Waals surface area contributed by atoms with Crippen molar-refractivity contribution in [2.45, 2.75) is 20.8 Å². The number of aromatic nitrogens is 2. The van der Waals surface area contributed by atoms with Gasteiger partial charge >= 0.3 is 5.97 Å². The highest BCUT2D eigenvalue weighted by Crippen LogP contribution is 2.27. The molecule has 1 aromatic heterocycles. The van der Waals surface area contributed by atoms with E-state index < -0.39 is 0 Å². The van der Waals surface area contributed by atoms with Crippen LogP contribution in [0.25, 0.3) is 11.3 Å². The van der Waals surface area contributed by atoms with Gasteiger partial charge in [0.25, 0.3) is 0 Å². The van der Waals surface area contributed by atoms with Crippen LogP contribution in [0.2, 0.25) is 0 Å². The summed E-state index contributed by atoms with van der Waals surface area (Å²) in [5.41, 5.74) is 3.72. The van der Waals surface area contributed by atoms with Gasteiger partial charge in [0.15, 0.2) is 0 Å². The number of esters is 1. The van der Waals surface area contributed by atoms with Gasteiger partial charge in [-0.2, -0.15) is 0 Å². The Balaban J connectivity index is 2.10. The molecule has 0 aliphatic carbocycles. The zero-order chi connectivity index (χ0) is 17.8.